The Bertz CT molecular complexity index is 370. The minimum Gasteiger partial charge on any atom is -0.497 e. The van der Waals surface area contributed by atoms with Crippen molar-refractivity contribution in [3.8, 4) is 5.75 Å². The van der Waals surface area contributed by atoms with Crippen molar-refractivity contribution in [3.05, 3.63) is 29.8 Å². The van der Waals surface area contributed by atoms with Gasteiger partial charge in [-0.2, -0.15) is 0 Å². The van der Waals surface area contributed by atoms with Gasteiger partial charge in [-0.15, -0.1) is 0 Å². The molecule has 0 aliphatic heterocycles. The molecule has 1 amide bonds. The van der Waals surface area contributed by atoms with Crippen molar-refractivity contribution in [2.45, 2.75) is 26.8 Å². The fourth-order valence-electron chi connectivity index (χ4n) is 1.70. The van der Waals surface area contributed by atoms with Crippen molar-refractivity contribution in [2.24, 2.45) is 5.92 Å². The third-order valence-corrected chi connectivity index (χ3v) is 3.02. The van der Waals surface area contributed by atoms with Gasteiger partial charge in [-0.25, -0.2) is 0 Å². The van der Waals surface area contributed by atoms with Crippen molar-refractivity contribution >= 4 is 5.91 Å². The van der Waals surface area contributed by atoms with Gasteiger partial charge in [0.2, 0.25) is 5.91 Å². The van der Waals surface area contributed by atoms with Gasteiger partial charge in [-0.3, -0.25) is 4.79 Å². The van der Waals surface area contributed by atoms with Gasteiger partial charge in [0.1, 0.15) is 5.75 Å². The summed E-state index contributed by atoms with van der Waals surface area (Å²) in [6, 6.07) is 7.90. The maximum atomic E-state index is 11.9. The zero-order valence-corrected chi connectivity index (χ0v) is 11.2. The molecule has 0 saturated heterocycles. The van der Waals surface area contributed by atoms with Crippen molar-refractivity contribution in [1.29, 1.82) is 0 Å². The van der Waals surface area contributed by atoms with E-state index >= 15 is 0 Å². The third-order valence-electron chi connectivity index (χ3n) is 3.02. The molecule has 0 bridgehead atoms. The number of ether oxygens (including phenoxy) is 1. The summed E-state index contributed by atoms with van der Waals surface area (Å²) >= 11 is 0. The van der Waals surface area contributed by atoms with E-state index in [1.165, 1.54) is 0 Å². The van der Waals surface area contributed by atoms with Crippen LogP contribution < -0.4 is 4.74 Å². The Kier molecular flexibility index (Phi) is 4.55. The molecule has 0 heterocycles. The number of hydrogen-bond donors (Lipinski definition) is 0. The molecule has 0 aromatic heterocycles. The van der Waals surface area contributed by atoms with Gasteiger partial charge >= 0.3 is 0 Å². The second-order valence-electron chi connectivity index (χ2n) is 4.55. The Balaban J connectivity index is 2.81. The van der Waals surface area contributed by atoms with Gasteiger partial charge in [-0.05, 0) is 24.6 Å². The number of nitrogens with zero attached hydrogens (tertiary/aromatic N) is 1. The Morgan fingerprint density at radius 3 is 2.12 bits per heavy atom. The van der Waals surface area contributed by atoms with E-state index in [9.17, 15) is 4.79 Å². The zero-order valence-electron chi connectivity index (χ0n) is 11.2. The molecule has 0 aliphatic carbocycles. The van der Waals surface area contributed by atoms with Crippen molar-refractivity contribution in [2.75, 3.05) is 14.2 Å². The zero-order chi connectivity index (χ0) is 13.0. The lowest BCUT2D eigenvalue weighted by molar-refractivity contribution is -0.135. The third kappa shape index (κ3) is 3.22. The van der Waals surface area contributed by atoms with Crippen LogP contribution >= 0.6 is 0 Å². The van der Waals surface area contributed by atoms with Crippen LogP contribution in [0, 0.1) is 5.92 Å². The quantitative estimate of drug-likeness (QED) is 0.803. The average Bonchev–Trinajstić information content (AvgIpc) is 2.36. The van der Waals surface area contributed by atoms with Crippen molar-refractivity contribution < 1.29 is 9.53 Å². The fraction of sp³-hybridized carbons (Fsp3) is 0.500. The van der Waals surface area contributed by atoms with Crippen LogP contribution in [0.3, 0.4) is 0 Å². The maximum absolute atomic E-state index is 11.9. The average molecular weight is 235 g/mol. The molecule has 3 nitrogen and oxygen atoms in total. The van der Waals surface area contributed by atoms with Crippen molar-refractivity contribution in [1.82, 2.24) is 4.90 Å². The molecule has 1 atom stereocenters. The number of amides is 1. The number of carbonyl (C=O) groups excluding carboxylic acids is 1. The number of methoxy groups -OCH3 is 1. The first-order valence-corrected chi connectivity index (χ1v) is 5.88. The monoisotopic (exact) mass is 235 g/mol. The smallest absolute Gasteiger partial charge is 0.225 e. The molecular formula is C14H21NO2. The highest BCUT2D eigenvalue weighted by Gasteiger charge is 2.19. The Hall–Kier alpha value is -1.51. The molecule has 0 saturated carbocycles. The molecule has 0 N–H and O–H groups in total. The van der Waals surface area contributed by atoms with Gasteiger partial charge in [0.25, 0.3) is 0 Å². The van der Waals surface area contributed by atoms with E-state index < -0.39 is 0 Å². The summed E-state index contributed by atoms with van der Waals surface area (Å²) < 4.78 is 5.11. The molecular weight excluding hydrogens is 214 g/mol. The van der Waals surface area contributed by atoms with Gasteiger partial charge in [0.15, 0.2) is 0 Å². The highest BCUT2D eigenvalue weighted by Crippen LogP contribution is 2.22. The van der Waals surface area contributed by atoms with E-state index in [0.29, 0.717) is 0 Å². The molecule has 0 aliphatic rings. The molecule has 0 spiro atoms. The minimum atomic E-state index is 0.0284. The number of rotatable bonds is 4. The lowest BCUT2D eigenvalue weighted by atomic mass is 10.1. The van der Waals surface area contributed by atoms with Gasteiger partial charge < -0.3 is 9.64 Å². The summed E-state index contributed by atoms with van der Waals surface area (Å²) in [4.78, 5) is 13.7. The summed E-state index contributed by atoms with van der Waals surface area (Å²) in [5.41, 5.74) is 1.11. The van der Waals surface area contributed by atoms with Gasteiger partial charge in [-0.1, -0.05) is 26.0 Å². The van der Waals surface area contributed by atoms with Crippen LogP contribution in [-0.2, 0) is 4.79 Å². The van der Waals surface area contributed by atoms with E-state index in [1.54, 1.807) is 12.0 Å². The standard InChI is InChI=1S/C14H21NO2/c1-10(2)14(16)15(4)11(3)12-6-8-13(17-5)9-7-12/h6-11H,1-5H3. The maximum Gasteiger partial charge on any atom is 0.225 e. The summed E-state index contributed by atoms with van der Waals surface area (Å²) in [7, 11) is 3.49. The lowest BCUT2D eigenvalue weighted by Gasteiger charge is -2.27. The molecule has 1 aromatic carbocycles. The SMILES string of the molecule is COc1ccc(C(C)N(C)C(=O)C(C)C)cc1. The molecule has 3 heteroatoms. The predicted molar refractivity (Wildman–Crippen MR) is 69.0 cm³/mol. The Morgan fingerprint density at radius 2 is 1.71 bits per heavy atom. The van der Waals surface area contributed by atoms with E-state index in [1.807, 2.05) is 52.1 Å². The fourth-order valence-corrected chi connectivity index (χ4v) is 1.70. The first-order valence-electron chi connectivity index (χ1n) is 5.88. The Morgan fingerprint density at radius 1 is 1.18 bits per heavy atom. The number of hydrogen-bond acceptors (Lipinski definition) is 2. The first kappa shape index (κ1) is 13.6. The molecule has 0 fully saturated rings. The molecule has 1 aromatic rings. The normalized spacial score (nSPS) is 12.4. The van der Waals surface area contributed by atoms with Crippen LogP contribution in [0.4, 0.5) is 0 Å². The molecule has 94 valence electrons. The topological polar surface area (TPSA) is 29.5 Å². The van der Waals surface area contributed by atoms with Crippen LogP contribution in [0.1, 0.15) is 32.4 Å². The van der Waals surface area contributed by atoms with Gasteiger partial charge in [0.05, 0.1) is 13.2 Å². The molecule has 0 radical (unpaired) electrons. The van der Waals surface area contributed by atoms with E-state index in [4.69, 9.17) is 4.74 Å². The molecule has 1 unspecified atom stereocenters. The summed E-state index contributed by atoms with van der Waals surface area (Å²) in [6.07, 6.45) is 0. The lowest BCUT2D eigenvalue weighted by Crippen LogP contribution is -2.32. The first-order chi connectivity index (χ1) is 7.97. The second kappa shape index (κ2) is 5.71. The highest BCUT2D eigenvalue weighted by atomic mass is 16.5. The van der Waals surface area contributed by atoms with E-state index in [-0.39, 0.29) is 17.9 Å². The Labute approximate surface area is 103 Å². The highest BCUT2D eigenvalue weighted by molar-refractivity contribution is 5.78. The summed E-state index contributed by atoms with van der Waals surface area (Å²) in [5, 5.41) is 0. The van der Waals surface area contributed by atoms with E-state index in [0.717, 1.165) is 11.3 Å². The van der Waals surface area contributed by atoms with Crippen LogP contribution in [0.2, 0.25) is 0 Å². The van der Waals surface area contributed by atoms with Crippen LogP contribution in [0.25, 0.3) is 0 Å². The second-order valence-corrected chi connectivity index (χ2v) is 4.55. The van der Waals surface area contributed by atoms with Crippen molar-refractivity contribution in [3.63, 3.8) is 0 Å². The minimum absolute atomic E-state index is 0.0284. The number of carbonyl (C=O) groups is 1. The van der Waals surface area contributed by atoms with Crippen LogP contribution in [0.5, 0.6) is 5.75 Å². The van der Waals surface area contributed by atoms with Crippen LogP contribution in [-0.4, -0.2) is 25.0 Å². The molecule has 1 rings (SSSR count). The summed E-state index contributed by atoms with van der Waals surface area (Å²) in [5.74, 6) is 1.02. The van der Waals surface area contributed by atoms with E-state index in [2.05, 4.69) is 0 Å². The van der Waals surface area contributed by atoms with Gasteiger partial charge in [0, 0.05) is 13.0 Å². The largest absolute Gasteiger partial charge is 0.497 e. The number of benzene rings is 1. The predicted octanol–water partition coefficient (Wildman–Crippen LogP) is 2.87. The van der Waals surface area contributed by atoms with Crippen LogP contribution in [0.15, 0.2) is 24.3 Å². The molecule has 17 heavy (non-hydrogen) atoms. The summed E-state index contributed by atoms with van der Waals surface area (Å²) in [6.45, 7) is 5.86.